The number of anilines is 1. The van der Waals surface area contributed by atoms with Crippen LogP contribution < -0.4 is 5.73 Å². The minimum atomic E-state index is 0.451. The van der Waals surface area contributed by atoms with E-state index >= 15 is 0 Å². The van der Waals surface area contributed by atoms with E-state index < -0.39 is 0 Å². The molecular weight excluding hydrogens is 305 g/mol. The lowest BCUT2D eigenvalue weighted by atomic mass is 9.98. The molecule has 0 saturated carbocycles. The largest absolute Gasteiger partial charge is 0.382 e. The van der Waals surface area contributed by atoms with Gasteiger partial charge in [0.25, 0.3) is 0 Å². The zero-order valence-corrected chi connectivity index (χ0v) is 12.8. The molecule has 0 spiro atoms. The molecule has 1 aromatic heterocycles. The van der Waals surface area contributed by atoms with Gasteiger partial charge in [-0.1, -0.05) is 41.4 Å². The van der Waals surface area contributed by atoms with E-state index in [0.717, 1.165) is 27.9 Å². The number of rotatable bonds is 2. The highest BCUT2D eigenvalue weighted by Crippen LogP contribution is 2.37. The number of hydrogen-bond acceptors (Lipinski definition) is 2. The second kappa shape index (κ2) is 5.43. The second-order valence-electron chi connectivity index (χ2n) is 4.82. The Morgan fingerprint density at radius 3 is 2.38 bits per heavy atom. The lowest BCUT2D eigenvalue weighted by Gasteiger charge is -2.08. The molecule has 5 heteroatoms. The number of halogens is 2. The number of nitrogens with two attached hydrogens (primary N) is 1. The summed E-state index contributed by atoms with van der Waals surface area (Å²) in [4.78, 5) is 0. The van der Waals surface area contributed by atoms with Crippen molar-refractivity contribution in [2.75, 3.05) is 5.73 Å². The fourth-order valence-corrected chi connectivity index (χ4v) is 2.62. The highest BCUT2D eigenvalue weighted by Gasteiger charge is 2.16. The van der Waals surface area contributed by atoms with E-state index in [0.29, 0.717) is 15.9 Å². The summed E-state index contributed by atoms with van der Waals surface area (Å²) in [6, 6.07) is 13.3. The zero-order valence-electron chi connectivity index (χ0n) is 11.3. The van der Waals surface area contributed by atoms with Crippen molar-refractivity contribution in [3.63, 3.8) is 0 Å². The first kappa shape index (κ1) is 14.0. The lowest BCUT2D eigenvalue weighted by molar-refractivity contribution is 1.10. The summed E-state index contributed by atoms with van der Waals surface area (Å²) in [5.41, 5.74) is 10.8. The third-order valence-corrected chi connectivity index (χ3v) is 3.88. The van der Waals surface area contributed by atoms with Gasteiger partial charge in [-0.2, -0.15) is 5.10 Å². The number of benzene rings is 2. The number of aromatic amines is 1. The van der Waals surface area contributed by atoms with E-state index in [2.05, 4.69) is 10.2 Å². The minimum absolute atomic E-state index is 0.451. The molecule has 0 aliphatic carbocycles. The third-order valence-electron chi connectivity index (χ3n) is 3.40. The molecule has 0 amide bonds. The van der Waals surface area contributed by atoms with Gasteiger partial charge in [0.1, 0.15) is 0 Å². The first-order valence-corrected chi connectivity index (χ1v) is 7.18. The van der Waals surface area contributed by atoms with Gasteiger partial charge in [0.2, 0.25) is 0 Å². The Morgan fingerprint density at radius 1 is 1.00 bits per heavy atom. The molecule has 1 heterocycles. The minimum Gasteiger partial charge on any atom is -0.382 e. The zero-order chi connectivity index (χ0) is 15.0. The van der Waals surface area contributed by atoms with Crippen molar-refractivity contribution in [3.05, 3.63) is 58.1 Å². The summed E-state index contributed by atoms with van der Waals surface area (Å²) in [6.07, 6.45) is 0. The Labute approximate surface area is 132 Å². The maximum atomic E-state index is 6.11. The van der Waals surface area contributed by atoms with E-state index in [1.54, 1.807) is 0 Å². The van der Waals surface area contributed by atoms with Crippen LogP contribution in [-0.2, 0) is 0 Å². The molecule has 0 radical (unpaired) electrons. The number of H-pyrrole nitrogens is 1. The first-order chi connectivity index (χ1) is 10.1. The Balaban J connectivity index is 2.21. The standard InChI is InChI=1S/C16H13Cl2N3/c1-9-2-5-12(18)8-13(9)15-14(16(19)21-20-15)10-3-6-11(17)7-4-10/h2-8H,1H3,(H3,19,20,21). The van der Waals surface area contributed by atoms with Crippen LogP contribution in [0.3, 0.4) is 0 Å². The summed E-state index contributed by atoms with van der Waals surface area (Å²) >= 11 is 12.1. The maximum Gasteiger partial charge on any atom is 0.153 e. The van der Waals surface area contributed by atoms with Crippen LogP contribution in [0, 0.1) is 6.92 Å². The molecule has 21 heavy (non-hydrogen) atoms. The fraction of sp³-hybridized carbons (Fsp3) is 0.0625. The molecule has 0 saturated heterocycles. The highest BCUT2D eigenvalue weighted by atomic mass is 35.5. The van der Waals surface area contributed by atoms with E-state index in [9.17, 15) is 0 Å². The molecule has 0 bridgehead atoms. The van der Waals surface area contributed by atoms with Gasteiger partial charge in [-0.15, -0.1) is 0 Å². The number of aromatic nitrogens is 2. The SMILES string of the molecule is Cc1ccc(Cl)cc1-c1[nH]nc(N)c1-c1ccc(Cl)cc1. The Hall–Kier alpha value is -1.97. The van der Waals surface area contributed by atoms with Crippen molar-refractivity contribution < 1.29 is 0 Å². The number of nitrogens with zero attached hydrogens (tertiary/aromatic N) is 1. The van der Waals surface area contributed by atoms with Crippen LogP contribution in [0.15, 0.2) is 42.5 Å². The quantitative estimate of drug-likeness (QED) is 0.703. The van der Waals surface area contributed by atoms with Crippen molar-refractivity contribution >= 4 is 29.0 Å². The molecule has 0 fully saturated rings. The Bertz CT molecular complexity index is 792. The molecular formula is C16H13Cl2N3. The van der Waals surface area contributed by atoms with Crippen molar-refractivity contribution in [2.45, 2.75) is 6.92 Å². The molecule has 106 valence electrons. The summed E-state index contributed by atoms with van der Waals surface area (Å²) in [5, 5.41) is 8.50. The Kier molecular flexibility index (Phi) is 3.62. The third kappa shape index (κ3) is 2.62. The smallest absolute Gasteiger partial charge is 0.153 e. The summed E-state index contributed by atoms with van der Waals surface area (Å²) < 4.78 is 0. The lowest BCUT2D eigenvalue weighted by Crippen LogP contribution is -1.90. The summed E-state index contributed by atoms with van der Waals surface area (Å²) in [7, 11) is 0. The molecule has 3 aromatic rings. The number of nitrogens with one attached hydrogen (secondary N) is 1. The molecule has 0 atom stereocenters. The van der Waals surface area contributed by atoms with Gasteiger partial charge in [0.15, 0.2) is 5.82 Å². The first-order valence-electron chi connectivity index (χ1n) is 6.42. The van der Waals surface area contributed by atoms with Crippen LogP contribution in [0.25, 0.3) is 22.4 Å². The van der Waals surface area contributed by atoms with Gasteiger partial charge >= 0.3 is 0 Å². The van der Waals surface area contributed by atoms with Gasteiger partial charge in [0, 0.05) is 15.6 Å². The second-order valence-corrected chi connectivity index (χ2v) is 5.70. The van der Waals surface area contributed by atoms with Crippen molar-refractivity contribution in [1.29, 1.82) is 0 Å². The fourth-order valence-electron chi connectivity index (χ4n) is 2.32. The van der Waals surface area contributed by atoms with Crippen LogP contribution in [-0.4, -0.2) is 10.2 Å². The predicted octanol–water partition coefficient (Wildman–Crippen LogP) is 4.94. The normalized spacial score (nSPS) is 10.8. The molecule has 0 aliphatic heterocycles. The van der Waals surface area contributed by atoms with Crippen molar-refractivity contribution in [1.82, 2.24) is 10.2 Å². The Morgan fingerprint density at radius 2 is 1.67 bits per heavy atom. The topological polar surface area (TPSA) is 54.7 Å². The van der Waals surface area contributed by atoms with Crippen LogP contribution in [0.4, 0.5) is 5.82 Å². The van der Waals surface area contributed by atoms with Gasteiger partial charge in [0.05, 0.1) is 11.3 Å². The summed E-state index contributed by atoms with van der Waals surface area (Å²) in [5.74, 6) is 0.451. The molecule has 2 aromatic carbocycles. The average Bonchev–Trinajstić information content (AvgIpc) is 2.84. The average molecular weight is 318 g/mol. The van der Waals surface area contributed by atoms with Crippen LogP contribution in [0.5, 0.6) is 0 Å². The van der Waals surface area contributed by atoms with Gasteiger partial charge in [-0.05, 0) is 42.3 Å². The van der Waals surface area contributed by atoms with Crippen molar-refractivity contribution in [2.24, 2.45) is 0 Å². The molecule has 3 rings (SSSR count). The van der Waals surface area contributed by atoms with E-state index in [1.807, 2.05) is 49.4 Å². The van der Waals surface area contributed by atoms with E-state index in [1.165, 1.54) is 0 Å². The monoisotopic (exact) mass is 317 g/mol. The predicted molar refractivity (Wildman–Crippen MR) is 88.6 cm³/mol. The van der Waals surface area contributed by atoms with E-state index in [4.69, 9.17) is 28.9 Å². The van der Waals surface area contributed by atoms with Gasteiger partial charge < -0.3 is 5.73 Å². The van der Waals surface area contributed by atoms with Crippen LogP contribution in [0.1, 0.15) is 5.56 Å². The number of hydrogen-bond donors (Lipinski definition) is 2. The number of aryl methyl sites for hydroxylation is 1. The molecule has 3 nitrogen and oxygen atoms in total. The molecule has 0 aliphatic rings. The van der Waals surface area contributed by atoms with E-state index in [-0.39, 0.29) is 0 Å². The van der Waals surface area contributed by atoms with Gasteiger partial charge in [-0.3, -0.25) is 5.10 Å². The van der Waals surface area contributed by atoms with Gasteiger partial charge in [-0.25, -0.2) is 0 Å². The van der Waals surface area contributed by atoms with Crippen molar-refractivity contribution in [3.8, 4) is 22.4 Å². The van der Waals surface area contributed by atoms with Crippen LogP contribution in [0.2, 0.25) is 10.0 Å². The summed E-state index contributed by atoms with van der Waals surface area (Å²) in [6.45, 7) is 2.02. The molecule has 3 N–H and O–H groups in total. The number of nitrogen functional groups attached to an aromatic ring is 1. The maximum absolute atomic E-state index is 6.11. The highest BCUT2D eigenvalue weighted by molar-refractivity contribution is 6.31. The molecule has 0 unspecified atom stereocenters. The van der Waals surface area contributed by atoms with Crippen LogP contribution >= 0.6 is 23.2 Å².